The number of aliphatic carboxylic acids is 2. The molecule has 9 heteroatoms. The van der Waals surface area contributed by atoms with E-state index in [0.29, 0.717) is 24.2 Å². The van der Waals surface area contributed by atoms with Gasteiger partial charge in [0.05, 0.1) is 6.61 Å². The van der Waals surface area contributed by atoms with Crippen LogP contribution in [0.15, 0.2) is 18.2 Å². The summed E-state index contributed by atoms with van der Waals surface area (Å²) in [7, 11) is 0. The van der Waals surface area contributed by atoms with Crippen LogP contribution in [-0.2, 0) is 22.6 Å². The second kappa shape index (κ2) is 12.3. The number of nitrogens with one attached hydrogen (secondary N) is 1. The number of fused-ring (bicyclic) bond motifs is 1. The van der Waals surface area contributed by atoms with Crippen LogP contribution in [0, 0.1) is 0 Å². The van der Waals surface area contributed by atoms with E-state index in [1.165, 1.54) is 44.6 Å². The average Bonchev–Trinajstić information content (AvgIpc) is 3.09. The maximum absolute atomic E-state index is 9.55. The number of unbranched alkanes of at least 4 members (excludes halogenated alkanes) is 1. The van der Waals surface area contributed by atoms with Gasteiger partial charge in [-0.15, -0.1) is 5.10 Å². The average molecular weight is 423 g/mol. The summed E-state index contributed by atoms with van der Waals surface area (Å²) in [5.41, 5.74) is 1.34. The number of hydrogen-bond donors (Lipinski definition) is 3. The highest BCUT2D eigenvalue weighted by atomic mass is 16.5. The summed E-state index contributed by atoms with van der Waals surface area (Å²) in [5.74, 6) is -1.69. The van der Waals surface area contributed by atoms with Crippen molar-refractivity contribution in [2.75, 3.05) is 26.2 Å². The van der Waals surface area contributed by atoms with Gasteiger partial charge in [-0.2, -0.15) is 0 Å². The molecule has 9 nitrogen and oxygen atoms in total. The number of aromatic nitrogens is 2. The number of aryl methyl sites for hydroxylation is 2. The molecule has 3 rings (SSSR count). The zero-order valence-corrected chi connectivity index (χ0v) is 17.9. The van der Waals surface area contributed by atoms with Crippen LogP contribution in [0.4, 0.5) is 0 Å². The first-order chi connectivity index (χ1) is 14.3. The SMILES string of the molecule is C[C@@H]1CN(CCCCOc2cc3n(n2)CCCC3)C[C@H](C)N1.O=C(O)/C=C\C(=O)O. The van der Waals surface area contributed by atoms with Crippen LogP contribution in [0.2, 0.25) is 0 Å². The maximum Gasteiger partial charge on any atom is 0.328 e. The molecule has 2 aliphatic heterocycles. The molecule has 0 unspecified atom stereocenters. The van der Waals surface area contributed by atoms with E-state index in [1.54, 1.807) is 0 Å². The predicted molar refractivity (Wildman–Crippen MR) is 113 cm³/mol. The number of carbonyl (C=O) groups is 2. The molecule has 30 heavy (non-hydrogen) atoms. The van der Waals surface area contributed by atoms with Gasteiger partial charge in [0, 0.05) is 55.6 Å². The largest absolute Gasteiger partial charge is 0.478 e. The Bertz CT molecular complexity index is 669. The van der Waals surface area contributed by atoms with Gasteiger partial charge in [0.1, 0.15) is 0 Å². The van der Waals surface area contributed by atoms with Crippen LogP contribution >= 0.6 is 0 Å². The fraction of sp³-hybridized carbons (Fsp3) is 0.667. The van der Waals surface area contributed by atoms with Gasteiger partial charge in [0.2, 0.25) is 5.88 Å². The molecule has 3 N–H and O–H groups in total. The predicted octanol–water partition coefficient (Wildman–Crippen LogP) is 1.77. The van der Waals surface area contributed by atoms with E-state index in [2.05, 4.69) is 39.9 Å². The molecule has 0 radical (unpaired) electrons. The molecule has 0 amide bonds. The van der Waals surface area contributed by atoms with Crippen molar-refractivity contribution >= 4 is 11.9 Å². The van der Waals surface area contributed by atoms with Crippen LogP contribution in [-0.4, -0.2) is 75.2 Å². The number of rotatable bonds is 8. The van der Waals surface area contributed by atoms with Crippen molar-refractivity contribution in [1.29, 1.82) is 0 Å². The van der Waals surface area contributed by atoms with Crippen molar-refractivity contribution in [2.45, 2.75) is 64.6 Å². The van der Waals surface area contributed by atoms with Gasteiger partial charge in [0.15, 0.2) is 0 Å². The summed E-state index contributed by atoms with van der Waals surface area (Å²) in [4.78, 5) is 21.7. The van der Waals surface area contributed by atoms with Gasteiger partial charge in [-0.05, 0) is 52.5 Å². The standard InChI is InChI=1S/C17H30N4O.C4H4O4/c1-14-12-20(13-15(2)18-14)8-5-6-10-22-17-11-16-7-3-4-9-21(16)19-17;5-3(6)1-2-4(7)8/h11,14-15,18H,3-10,12-13H2,1-2H3;1-2H,(H,5,6)(H,7,8)/b;2-1-/t14-,15+;. The van der Waals surface area contributed by atoms with E-state index in [0.717, 1.165) is 31.9 Å². The number of ether oxygens (including phenoxy) is 1. The summed E-state index contributed by atoms with van der Waals surface area (Å²) in [6.45, 7) is 9.89. The topological polar surface area (TPSA) is 117 Å². The summed E-state index contributed by atoms with van der Waals surface area (Å²) < 4.78 is 7.94. The molecule has 0 bridgehead atoms. The molecular weight excluding hydrogens is 388 g/mol. The van der Waals surface area contributed by atoms with E-state index < -0.39 is 11.9 Å². The van der Waals surface area contributed by atoms with Gasteiger partial charge >= 0.3 is 11.9 Å². The van der Waals surface area contributed by atoms with Crippen LogP contribution < -0.4 is 10.1 Å². The van der Waals surface area contributed by atoms with Crippen molar-refractivity contribution in [3.05, 3.63) is 23.9 Å². The van der Waals surface area contributed by atoms with Gasteiger partial charge < -0.3 is 25.2 Å². The lowest BCUT2D eigenvalue weighted by atomic mass is 10.1. The number of carboxylic acids is 2. The third-order valence-corrected chi connectivity index (χ3v) is 5.01. The highest BCUT2D eigenvalue weighted by Crippen LogP contribution is 2.19. The smallest absolute Gasteiger partial charge is 0.328 e. The Morgan fingerprint density at radius 2 is 1.83 bits per heavy atom. The zero-order valence-electron chi connectivity index (χ0n) is 17.9. The number of hydrogen-bond acceptors (Lipinski definition) is 6. The lowest BCUT2D eigenvalue weighted by Gasteiger charge is -2.36. The van der Waals surface area contributed by atoms with Gasteiger partial charge in [-0.3, -0.25) is 4.68 Å². The lowest BCUT2D eigenvalue weighted by molar-refractivity contribution is -0.134. The zero-order chi connectivity index (χ0) is 21.9. The Morgan fingerprint density at radius 1 is 1.17 bits per heavy atom. The second-order valence-corrected chi connectivity index (χ2v) is 7.95. The first-order valence-corrected chi connectivity index (χ1v) is 10.7. The van der Waals surface area contributed by atoms with Gasteiger partial charge in [-0.1, -0.05) is 0 Å². The minimum Gasteiger partial charge on any atom is -0.478 e. The second-order valence-electron chi connectivity index (χ2n) is 7.95. The van der Waals surface area contributed by atoms with Crippen molar-refractivity contribution in [2.24, 2.45) is 0 Å². The molecule has 1 saturated heterocycles. The molecule has 1 aromatic rings. The normalized spacial score (nSPS) is 21.5. The summed E-state index contributed by atoms with van der Waals surface area (Å²) in [6.07, 6.45) is 7.10. The number of piperazine rings is 1. The minimum absolute atomic E-state index is 0.558. The summed E-state index contributed by atoms with van der Waals surface area (Å²) in [5, 5.41) is 23.7. The number of carboxylic acid groups (broad SMARTS) is 2. The fourth-order valence-corrected chi connectivity index (χ4v) is 3.84. The third-order valence-electron chi connectivity index (χ3n) is 5.01. The maximum atomic E-state index is 9.55. The Hall–Kier alpha value is -2.39. The molecule has 2 atom stereocenters. The lowest BCUT2D eigenvalue weighted by Crippen LogP contribution is -2.54. The molecule has 1 fully saturated rings. The third kappa shape index (κ3) is 8.96. The molecule has 0 aliphatic carbocycles. The van der Waals surface area contributed by atoms with Gasteiger partial charge in [0.25, 0.3) is 0 Å². The molecule has 3 heterocycles. The van der Waals surface area contributed by atoms with Crippen molar-refractivity contribution in [3.8, 4) is 5.88 Å². The first kappa shape index (κ1) is 23.9. The van der Waals surface area contributed by atoms with E-state index in [9.17, 15) is 9.59 Å². The molecular formula is C21H34N4O5. The van der Waals surface area contributed by atoms with E-state index in [4.69, 9.17) is 14.9 Å². The molecule has 0 aromatic carbocycles. The highest BCUT2D eigenvalue weighted by molar-refractivity contribution is 5.89. The van der Waals surface area contributed by atoms with Crippen LogP contribution in [0.1, 0.15) is 45.2 Å². The Balaban J connectivity index is 0.000000343. The van der Waals surface area contributed by atoms with Crippen LogP contribution in [0.3, 0.4) is 0 Å². The Morgan fingerprint density at radius 3 is 2.43 bits per heavy atom. The fourth-order valence-electron chi connectivity index (χ4n) is 3.84. The molecule has 1 aromatic heterocycles. The van der Waals surface area contributed by atoms with E-state index in [-0.39, 0.29) is 0 Å². The molecule has 0 spiro atoms. The van der Waals surface area contributed by atoms with Crippen molar-refractivity contribution in [3.63, 3.8) is 0 Å². The minimum atomic E-state index is -1.26. The van der Waals surface area contributed by atoms with Crippen molar-refractivity contribution in [1.82, 2.24) is 20.0 Å². The molecule has 168 valence electrons. The number of nitrogens with zero attached hydrogens (tertiary/aromatic N) is 3. The van der Waals surface area contributed by atoms with Crippen LogP contribution in [0.25, 0.3) is 0 Å². The van der Waals surface area contributed by atoms with Gasteiger partial charge in [-0.25, -0.2) is 9.59 Å². The van der Waals surface area contributed by atoms with E-state index in [1.807, 2.05) is 0 Å². The highest BCUT2D eigenvalue weighted by Gasteiger charge is 2.20. The molecule has 0 saturated carbocycles. The van der Waals surface area contributed by atoms with Crippen LogP contribution in [0.5, 0.6) is 5.88 Å². The summed E-state index contributed by atoms with van der Waals surface area (Å²) >= 11 is 0. The Labute approximate surface area is 177 Å². The van der Waals surface area contributed by atoms with E-state index >= 15 is 0 Å². The van der Waals surface area contributed by atoms with Crippen molar-refractivity contribution < 1.29 is 24.5 Å². The quantitative estimate of drug-likeness (QED) is 0.429. The first-order valence-electron chi connectivity index (χ1n) is 10.7. The summed E-state index contributed by atoms with van der Waals surface area (Å²) in [6, 6.07) is 3.34. The Kier molecular flexibility index (Phi) is 9.82. The molecule has 2 aliphatic rings. The monoisotopic (exact) mass is 422 g/mol.